The van der Waals surface area contributed by atoms with Gasteiger partial charge in [0.15, 0.2) is 9.84 Å². The summed E-state index contributed by atoms with van der Waals surface area (Å²) in [7, 11) is -7.37. The maximum Gasteiger partial charge on any atom is 0.242 e. The van der Waals surface area contributed by atoms with Gasteiger partial charge in [-0.25, -0.2) is 21.6 Å². The molecule has 0 atom stereocenters. The number of benzene rings is 1. The van der Waals surface area contributed by atoms with E-state index in [0.717, 1.165) is 38.5 Å². The van der Waals surface area contributed by atoms with Crippen molar-refractivity contribution in [3.8, 4) is 0 Å². The minimum Gasteiger partial charge on any atom is -0.314 e. The van der Waals surface area contributed by atoms with Gasteiger partial charge in [-0.3, -0.25) is 4.90 Å². The lowest BCUT2D eigenvalue weighted by molar-refractivity contribution is 0.245. The number of nitrogens with zero attached hydrogens (tertiary/aromatic N) is 1. The molecule has 1 aromatic rings. The van der Waals surface area contributed by atoms with Crippen molar-refractivity contribution in [1.82, 2.24) is 14.9 Å². The van der Waals surface area contributed by atoms with Crippen LogP contribution < -0.4 is 10.0 Å². The second kappa shape index (κ2) is 10.3. The maximum absolute atomic E-state index is 12.4. The Morgan fingerprint density at radius 3 is 2.32 bits per heavy atom. The maximum atomic E-state index is 12.4. The van der Waals surface area contributed by atoms with Crippen molar-refractivity contribution in [2.75, 3.05) is 45.5 Å². The molecule has 0 spiro atoms. The molecular formula is C13H22Cl3N3O4S2. The van der Waals surface area contributed by atoms with Crippen molar-refractivity contribution in [1.29, 1.82) is 0 Å². The number of hydrogen-bond acceptors (Lipinski definition) is 6. The highest BCUT2D eigenvalue weighted by molar-refractivity contribution is 7.91. The zero-order valence-electron chi connectivity index (χ0n) is 13.6. The van der Waals surface area contributed by atoms with E-state index < -0.39 is 19.9 Å². The third-order valence-electron chi connectivity index (χ3n) is 3.55. The van der Waals surface area contributed by atoms with Crippen LogP contribution in [0.15, 0.2) is 28.0 Å². The number of sulfone groups is 1. The van der Waals surface area contributed by atoms with Crippen LogP contribution in [0.2, 0.25) is 5.02 Å². The number of sulfonamides is 1. The van der Waals surface area contributed by atoms with Gasteiger partial charge in [-0.15, -0.1) is 24.8 Å². The van der Waals surface area contributed by atoms with Gasteiger partial charge in [-0.05, 0) is 18.2 Å². The normalized spacial score (nSPS) is 15.9. The zero-order chi connectivity index (χ0) is 17.1. The Bertz CT molecular complexity index is 767. The Morgan fingerprint density at radius 1 is 1.16 bits per heavy atom. The molecule has 0 radical (unpaired) electrons. The van der Waals surface area contributed by atoms with E-state index in [2.05, 4.69) is 14.9 Å². The lowest BCUT2D eigenvalue weighted by atomic mass is 10.3. The lowest BCUT2D eigenvalue weighted by Crippen LogP contribution is -2.46. The minimum absolute atomic E-state index is 0. The van der Waals surface area contributed by atoms with E-state index in [4.69, 9.17) is 11.6 Å². The van der Waals surface area contributed by atoms with Crippen LogP contribution in [0.25, 0.3) is 0 Å². The fourth-order valence-corrected chi connectivity index (χ4v) is 4.54. The van der Waals surface area contributed by atoms with Crippen LogP contribution in [0.4, 0.5) is 0 Å². The first-order chi connectivity index (χ1) is 10.7. The van der Waals surface area contributed by atoms with E-state index in [0.29, 0.717) is 6.54 Å². The first kappa shape index (κ1) is 24.9. The molecule has 1 heterocycles. The smallest absolute Gasteiger partial charge is 0.242 e. The number of rotatable bonds is 6. The summed E-state index contributed by atoms with van der Waals surface area (Å²) >= 11 is 5.93. The van der Waals surface area contributed by atoms with Crippen molar-refractivity contribution in [3.63, 3.8) is 0 Å². The number of nitrogens with one attached hydrogen (secondary N) is 2. The SMILES string of the molecule is CS(=O)(=O)c1ccc(Cl)c(S(=O)(=O)NCCN2CCNCC2)c1.Cl.Cl. The fraction of sp³-hybridized carbons (Fsp3) is 0.538. The molecule has 1 aliphatic rings. The highest BCUT2D eigenvalue weighted by Gasteiger charge is 2.21. The summed E-state index contributed by atoms with van der Waals surface area (Å²) in [5.41, 5.74) is 0. The Kier molecular flexibility index (Phi) is 10.2. The molecule has 0 unspecified atom stereocenters. The van der Waals surface area contributed by atoms with Crippen molar-refractivity contribution >= 4 is 56.3 Å². The zero-order valence-corrected chi connectivity index (χ0v) is 17.6. The summed E-state index contributed by atoms with van der Waals surface area (Å²) in [5, 5.41) is 3.21. The van der Waals surface area contributed by atoms with Gasteiger partial charge in [-0.2, -0.15) is 0 Å². The van der Waals surface area contributed by atoms with E-state index in [1.54, 1.807) is 0 Å². The van der Waals surface area contributed by atoms with E-state index in [1.165, 1.54) is 12.1 Å². The quantitative estimate of drug-likeness (QED) is 0.659. The molecule has 12 heteroatoms. The standard InChI is InChI=1S/C13H20ClN3O4S2.2ClH/c1-22(18,19)11-2-3-12(14)13(10-11)23(20,21)16-6-9-17-7-4-15-5-8-17;;/h2-3,10,15-16H,4-9H2,1H3;2*1H. The average Bonchev–Trinajstić information content (AvgIpc) is 2.47. The second-order valence-electron chi connectivity index (χ2n) is 5.35. The van der Waals surface area contributed by atoms with Crippen LogP contribution in [0.1, 0.15) is 0 Å². The van der Waals surface area contributed by atoms with Crippen molar-refractivity contribution in [2.24, 2.45) is 0 Å². The van der Waals surface area contributed by atoms with E-state index in [1.807, 2.05) is 0 Å². The number of piperazine rings is 1. The van der Waals surface area contributed by atoms with Gasteiger partial charge in [-0.1, -0.05) is 11.6 Å². The molecule has 25 heavy (non-hydrogen) atoms. The largest absolute Gasteiger partial charge is 0.314 e. The van der Waals surface area contributed by atoms with Gasteiger partial charge in [0, 0.05) is 45.5 Å². The van der Waals surface area contributed by atoms with Crippen molar-refractivity contribution in [2.45, 2.75) is 9.79 Å². The predicted octanol–water partition coefficient (Wildman–Crippen LogP) is 0.771. The lowest BCUT2D eigenvalue weighted by Gasteiger charge is -2.27. The molecule has 1 aliphatic heterocycles. The number of hydrogen-bond donors (Lipinski definition) is 2. The summed E-state index contributed by atoms with van der Waals surface area (Å²) in [4.78, 5) is 1.85. The first-order valence-corrected chi connectivity index (χ1v) is 10.9. The van der Waals surface area contributed by atoms with E-state index in [9.17, 15) is 16.8 Å². The van der Waals surface area contributed by atoms with E-state index >= 15 is 0 Å². The molecule has 1 fully saturated rings. The second-order valence-corrected chi connectivity index (χ2v) is 9.51. The summed E-state index contributed by atoms with van der Waals surface area (Å²) in [6.45, 7) is 4.33. The Morgan fingerprint density at radius 2 is 1.76 bits per heavy atom. The van der Waals surface area contributed by atoms with Crippen LogP contribution in [0.5, 0.6) is 0 Å². The van der Waals surface area contributed by atoms with E-state index in [-0.39, 0.29) is 46.2 Å². The molecule has 2 rings (SSSR count). The van der Waals surface area contributed by atoms with Gasteiger partial charge < -0.3 is 5.32 Å². The summed E-state index contributed by atoms with van der Waals surface area (Å²) in [6.07, 6.45) is 1.02. The number of halogens is 3. The van der Waals surface area contributed by atoms with Crippen LogP contribution in [0.3, 0.4) is 0 Å². The van der Waals surface area contributed by atoms with Gasteiger partial charge in [0.1, 0.15) is 4.90 Å². The highest BCUT2D eigenvalue weighted by Crippen LogP contribution is 2.24. The fourth-order valence-electron chi connectivity index (χ4n) is 2.27. The van der Waals surface area contributed by atoms with Gasteiger partial charge in [0.2, 0.25) is 10.0 Å². The molecule has 1 saturated heterocycles. The van der Waals surface area contributed by atoms with Crippen LogP contribution in [-0.4, -0.2) is 67.3 Å². The molecular weight excluding hydrogens is 433 g/mol. The molecule has 0 saturated carbocycles. The predicted molar refractivity (Wildman–Crippen MR) is 104 cm³/mol. The third kappa shape index (κ3) is 7.18. The average molecular weight is 455 g/mol. The summed E-state index contributed by atoms with van der Waals surface area (Å²) in [6, 6.07) is 3.66. The first-order valence-electron chi connectivity index (χ1n) is 7.12. The van der Waals surface area contributed by atoms with Gasteiger partial charge in [0.25, 0.3) is 0 Å². The Labute approximate surface area is 166 Å². The van der Waals surface area contributed by atoms with Crippen LogP contribution in [-0.2, 0) is 19.9 Å². The minimum atomic E-state index is -3.86. The van der Waals surface area contributed by atoms with Gasteiger partial charge >= 0.3 is 0 Å². The molecule has 2 N–H and O–H groups in total. The molecule has 7 nitrogen and oxygen atoms in total. The monoisotopic (exact) mass is 453 g/mol. The molecule has 0 aliphatic carbocycles. The van der Waals surface area contributed by atoms with Crippen molar-refractivity contribution < 1.29 is 16.8 Å². The molecule has 0 bridgehead atoms. The van der Waals surface area contributed by atoms with Gasteiger partial charge in [0.05, 0.1) is 9.92 Å². The Hall–Kier alpha value is -0.130. The van der Waals surface area contributed by atoms with Crippen molar-refractivity contribution in [3.05, 3.63) is 23.2 Å². The molecule has 146 valence electrons. The summed E-state index contributed by atoms with van der Waals surface area (Å²) < 4.78 is 50.3. The molecule has 0 aromatic heterocycles. The third-order valence-corrected chi connectivity index (χ3v) is 6.60. The Balaban J connectivity index is 0.00000288. The molecule has 1 aromatic carbocycles. The topological polar surface area (TPSA) is 95.6 Å². The summed E-state index contributed by atoms with van der Waals surface area (Å²) in [5.74, 6) is 0. The van der Waals surface area contributed by atoms with Crippen LogP contribution in [0, 0.1) is 0 Å². The van der Waals surface area contributed by atoms with Crippen LogP contribution >= 0.6 is 36.4 Å². The molecule has 0 amide bonds. The highest BCUT2D eigenvalue weighted by atomic mass is 35.5.